The molecule has 2 nitrogen and oxygen atoms in total. The lowest BCUT2D eigenvalue weighted by Gasteiger charge is -2.15. The van der Waals surface area contributed by atoms with Crippen molar-refractivity contribution >= 4 is 11.4 Å². The Balaban J connectivity index is 2.74. The Labute approximate surface area is 68.4 Å². The summed E-state index contributed by atoms with van der Waals surface area (Å²) in [4.78, 5) is 9.01. The van der Waals surface area contributed by atoms with E-state index in [0.29, 0.717) is 6.04 Å². The number of hydrogen-bond acceptors (Lipinski definition) is 2. The highest BCUT2D eigenvalue weighted by Crippen LogP contribution is 2.06. The molecule has 0 fully saturated rings. The highest BCUT2D eigenvalue weighted by Gasteiger charge is 2.11. The lowest BCUT2D eigenvalue weighted by molar-refractivity contribution is 0.742. The van der Waals surface area contributed by atoms with E-state index < -0.39 is 0 Å². The standard InChI is InChI=1S/C9H16N2/c1-4-8-9(5-2)11-7(3)6-10-8/h7H,4-6H2,1-3H3. The molecule has 1 aliphatic rings. The fraction of sp³-hybridized carbons (Fsp3) is 0.778. The topological polar surface area (TPSA) is 24.7 Å². The molecule has 0 aromatic heterocycles. The Kier molecular flexibility index (Phi) is 2.80. The molecule has 0 aromatic rings. The summed E-state index contributed by atoms with van der Waals surface area (Å²) in [6.45, 7) is 7.28. The second-order valence-corrected chi connectivity index (χ2v) is 2.92. The van der Waals surface area contributed by atoms with Crippen LogP contribution in [0.15, 0.2) is 9.98 Å². The van der Waals surface area contributed by atoms with E-state index in [1.54, 1.807) is 0 Å². The van der Waals surface area contributed by atoms with Crippen LogP contribution in [-0.2, 0) is 0 Å². The Hall–Kier alpha value is -0.660. The van der Waals surface area contributed by atoms with Gasteiger partial charge in [-0.25, -0.2) is 0 Å². The average Bonchev–Trinajstić information content (AvgIpc) is 2.04. The van der Waals surface area contributed by atoms with Crippen LogP contribution in [0.25, 0.3) is 0 Å². The van der Waals surface area contributed by atoms with Gasteiger partial charge in [-0.2, -0.15) is 0 Å². The van der Waals surface area contributed by atoms with Crippen molar-refractivity contribution < 1.29 is 0 Å². The van der Waals surface area contributed by atoms with Gasteiger partial charge in [0.05, 0.1) is 24.0 Å². The lowest BCUT2D eigenvalue weighted by atomic mass is 10.1. The smallest absolute Gasteiger partial charge is 0.0670 e. The molecule has 0 radical (unpaired) electrons. The van der Waals surface area contributed by atoms with Crippen molar-refractivity contribution in [2.75, 3.05) is 6.54 Å². The van der Waals surface area contributed by atoms with Crippen LogP contribution in [0, 0.1) is 0 Å². The molecule has 0 aliphatic carbocycles. The SMILES string of the molecule is CCC1=NCC(C)N=C1CC. The average molecular weight is 152 g/mol. The second kappa shape index (κ2) is 3.65. The van der Waals surface area contributed by atoms with Gasteiger partial charge in [-0.05, 0) is 19.8 Å². The minimum atomic E-state index is 0.403. The molecule has 0 aromatic carbocycles. The van der Waals surface area contributed by atoms with Gasteiger partial charge in [0.1, 0.15) is 0 Å². The first-order valence-corrected chi connectivity index (χ1v) is 4.38. The summed E-state index contributed by atoms with van der Waals surface area (Å²) in [5, 5.41) is 0. The molecule has 0 bridgehead atoms. The van der Waals surface area contributed by atoms with E-state index in [2.05, 4.69) is 30.8 Å². The third kappa shape index (κ3) is 1.88. The molecule has 0 saturated carbocycles. The van der Waals surface area contributed by atoms with Gasteiger partial charge in [-0.3, -0.25) is 9.98 Å². The monoisotopic (exact) mass is 152 g/mol. The van der Waals surface area contributed by atoms with Gasteiger partial charge in [0.25, 0.3) is 0 Å². The first kappa shape index (κ1) is 8.44. The van der Waals surface area contributed by atoms with Crippen LogP contribution in [0.4, 0.5) is 0 Å². The van der Waals surface area contributed by atoms with Gasteiger partial charge in [0, 0.05) is 0 Å². The maximum Gasteiger partial charge on any atom is 0.0670 e. The number of aliphatic imine (C=N–C) groups is 2. The maximum absolute atomic E-state index is 4.54. The molecule has 0 saturated heterocycles. The summed E-state index contributed by atoms with van der Waals surface area (Å²) in [7, 11) is 0. The predicted octanol–water partition coefficient (Wildman–Crippen LogP) is 2.09. The summed E-state index contributed by atoms with van der Waals surface area (Å²) in [5.74, 6) is 0. The normalized spacial score (nSPS) is 24.5. The van der Waals surface area contributed by atoms with Crippen LogP contribution < -0.4 is 0 Å². The molecule has 11 heavy (non-hydrogen) atoms. The van der Waals surface area contributed by atoms with Crippen molar-refractivity contribution in [2.24, 2.45) is 9.98 Å². The molecule has 0 amide bonds. The molecule has 0 spiro atoms. The highest BCUT2D eigenvalue weighted by atomic mass is 14.9. The van der Waals surface area contributed by atoms with Crippen LogP contribution in [0.2, 0.25) is 0 Å². The van der Waals surface area contributed by atoms with Crippen LogP contribution in [0.5, 0.6) is 0 Å². The summed E-state index contributed by atoms with van der Waals surface area (Å²) >= 11 is 0. The van der Waals surface area contributed by atoms with Gasteiger partial charge in [0.2, 0.25) is 0 Å². The van der Waals surface area contributed by atoms with E-state index in [1.807, 2.05) is 0 Å². The molecule has 1 rings (SSSR count). The quantitative estimate of drug-likeness (QED) is 0.579. The van der Waals surface area contributed by atoms with Gasteiger partial charge in [-0.1, -0.05) is 13.8 Å². The zero-order valence-electron chi connectivity index (χ0n) is 7.59. The number of nitrogens with zero attached hydrogens (tertiary/aromatic N) is 2. The van der Waals surface area contributed by atoms with Crippen LogP contribution in [0.3, 0.4) is 0 Å². The number of hydrogen-bond donors (Lipinski definition) is 0. The molecular formula is C9H16N2. The Bertz CT molecular complexity index is 192. The molecule has 1 aliphatic heterocycles. The van der Waals surface area contributed by atoms with Gasteiger partial charge < -0.3 is 0 Å². The van der Waals surface area contributed by atoms with E-state index in [9.17, 15) is 0 Å². The lowest BCUT2D eigenvalue weighted by Crippen LogP contribution is -2.23. The van der Waals surface area contributed by atoms with E-state index in [-0.39, 0.29) is 0 Å². The third-order valence-corrected chi connectivity index (χ3v) is 1.93. The Morgan fingerprint density at radius 1 is 1.27 bits per heavy atom. The number of rotatable bonds is 2. The zero-order valence-corrected chi connectivity index (χ0v) is 7.59. The van der Waals surface area contributed by atoms with E-state index in [0.717, 1.165) is 19.4 Å². The molecule has 0 N–H and O–H groups in total. The Morgan fingerprint density at radius 3 is 2.45 bits per heavy atom. The molecule has 1 unspecified atom stereocenters. The fourth-order valence-electron chi connectivity index (χ4n) is 1.33. The fourth-order valence-corrected chi connectivity index (χ4v) is 1.33. The largest absolute Gasteiger partial charge is 0.286 e. The third-order valence-electron chi connectivity index (χ3n) is 1.93. The van der Waals surface area contributed by atoms with E-state index in [4.69, 9.17) is 0 Å². The zero-order chi connectivity index (χ0) is 8.27. The first-order valence-electron chi connectivity index (χ1n) is 4.38. The van der Waals surface area contributed by atoms with E-state index >= 15 is 0 Å². The van der Waals surface area contributed by atoms with Crippen LogP contribution >= 0.6 is 0 Å². The van der Waals surface area contributed by atoms with Crippen molar-refractivity contribution in [3.63, 3.8) is 0 Å². The summed E-state index contributed by atoms with van der Waals surface area (Å²) in [6.07, 6.45) is 2.05. The maximum atomic E-state index is 4.54. The van der Waals surface area contributed by atoms with Gasteiger partial charge in [0.15, 0.2) is 0 Å². The van der Waals surface area contributed by atoms with Gasteiger partial charge >= 0.3 is 0 Å². The first-order chi connectivity index (χ1) is 5.27. The predicted molar refractivity (Wildman–Crippen MR) is 49.8 cm³/mol. The Morgan fingerprint density at radius 2 is 1.91 bits per heavy atom. The molecule has 2 heteroatoms. The highest BCUT2D eigenvalue weighted by molar-refractivity contribution is 6.42. The van der Waals surface area contributed by atoms with Crippen molar-refractivity contribution in [2.45, 2.75) is 39.7 Å². The minimum absolute atomic E-state index is 0.403. The van der Waals surface area contributed by atoms with Crippen molar-refractivity contribution in [1.29, 1.82) is 0 Å². The summed E-state index contributed by atoms with van der Waals surface area (Å²) < 4.78 is 0. The van der Waals surface area contributed by atoms with Gasteiger partial charge in [-0.15, -0.1) is 0 Å². The molecule has 1 heterocycles. The minimum Gasteiger partial charge on any atom is -0.286 e. The van der Waals surface area contributed by atoms with Crippen molar-refractivity contribution in [3.8, 4) is 0 Å². The van der Waals surface area contributed by atoms with Crippen LogP contribution in [0.1, 0.15) is 33.6 Å². The van der Waals surface area contributed by atoms with Crippen molar-refractivity contribution in [1.82, 2.24) is 0 Å². The van der Waals surface area contributed by atoms with Crippen LogP contribution in [-0.4, -0.2) is 24.0 Å². The second-order valence-electron chi connectivity index (χ2n) is 2.92. The molecular weight excluding hydrogens is 136 g/mol. The molecule has 1 atom stereocenters. The summed E-state index contributed by atoms with van der Waals surface area (Å²) in [6, 6.07) is 0.403. The summed E-state index contributed by atoms with van der Waals surface area (Å²) in [5.41, 5.74) is 2.43. The molecule has 62 valence electrons. The van der Waals surface area contributed by atoms with E-state index in [1.165, 1.54) is 11.4 Å². The van der Waals surface area contributed by atoms with Crippen molar-refractivity contribution in [3.05, 3.63) is 0 Å².